The van der Waals surface area contributed by atoms with Gasteiger partial charge in [-0.3, -0.25) is 9.59 Å². The zero-order valence-electron chi connectivity index (χ0n) is 20.7. The van der Waals surface area contributed by atoms with Gasteiger partial charge in [-0.25, -0.2) is 9.67 Å². The first kappa shape index (κ1) is 27.3. The lowest BCUT2D eigenvalue weighted by Gasteiger charge is -2.41. The van der Waals surface area contributed by atoms with Crippen molar-refractivity contribution in [2.45, 2.75) is 37.7 Å². The van der Waals surface area contributed by atoms with E-state index in [0.29, 0.717) is 5.56 Å². The third-order valence-electron chi connectivity index (χ3n) is 6.44. The normalized spacial score (nSPS) is 18.4. The van der Waals surface area contributed by atoms with Crippen molar-refractivity contribution >= 4 is 11.8 Å². The molecule has 0 radical (unpaired) electrons. The molecule has 40 heavy (non-hydrogen) atoms. The van der Waals surface area contributed by atoms with Gasteiger partial charge in [0, 0.05) is 30.7 Å². The highest BCUT2D eigenvalue weighted by Gasteiger charge is 2.47. The van der Waals surface area contributed by atoms with E-state index in [0.717, 1.165) is 10.2 Å². The van der Waals surface area contributed by atoms with Gasteiger partial charge in [-0.15, -0.1) is 0 Å². The molecule has 1 atom stereocenters. The zero-order chi connectivity index (χ0) is 28.9. The van der Waals surface area contributed by atoms with Crippen molar-refractivity contribution in [3.8, 4) is 17.3 Å². The molecule has 0 fully saturated rings. The Balaban J connectivity index is 1.54. The van der Waals surface area contributed by atoms with Gasteiger partial charge in [0.25, 0.3) is 11.8 Å². The van der Waals surface area contributed by atoms with Crippen molar-refractivity contribution < 1.29 is 45.4 Å². The van der Waals surface area contributed by atoms with Crippen molar-refractivity contribution in [2.75, 3.05) is 19.8 Å². The number of hydrogen-bond acceptors (Lipinski definition) is 6. The number of amides is 2. The molecule has 1 spiro atoms. The van der Waals surface area contributed by atoms with E-state index in [4.69, 9.17) is 9.47 Å². The molecule has 0 saturated carbocycles. The molecule has 0 saturated heterocycles. The lowest BCUT2D eigenvalue weighted by atomic mass is 9.77. The quantitative estimate of drug-likeness (QED) is 0.453. The second-order valence-electron chi connectivity index (χ2n) is 9.45. The molecule has 0 unspecified atom stereocenters. The van der Waals surface area contributed by atoms with Crippen LogP contribution < -0.4 is 20.1 Å². The maximum atomic E-state index is 13.5. The number of ether oxygens (including phenoxy) is 2. The minimum absolute atomic E-state index is 0.0194. The highest BCUT2D eigenvalue weighted by atomic mass is 19.4. The van der Waals surface area contributed by atoms with Crippen molar-refractivity contribution in [1.29, 1.82) is 0 Å². The molecule has 15 heteroatoms. The van der Waals surface area contributed by atoms with E-state index in [1.807, 2.05) is 0 Å². The van der Waals surface area contributed by atoms with Gasteiger partial charge in [0.1, 0.15) is 23.7 Å². The molecule has 2 amide bonds. The number of carbonyl (C=O) groups excluding carboxylic acids is 2. The lowest BCUT2D eigenvalue weighted by Crippen LogP contribution is -2.53. The third kappa shape index (κ3) is 5.40. The van der Waals surface area contributed by atoms with E-state index in [2.05, 4.69) is 15.4 Å². The average Bonchev–Trinajstić information content (AvgIpc) is 3.25. The van der Waals surface area contributed by atoms with Gasteiger partial charge in [-0.05, 0) is 30.7 Å². The summed E-state index contributed by atoms with van der Waals surface area (Å²) in [4.78, 5) is 30.7. The van der Waals surface area contributed by atoms with Crippen LogP contribution in [0.2, 0.25) is 0 Å². The van der Waals surface area contributed by atoms with Crippen molar-refractivity contribution in [1.82, 2.24) is 25.4 Å². The monoisotopic (exact) mass is 569 g/mol. The summed E-state index contributed by atoms with van der Waals surface area (Å²) >= 11 is 0. The number of hydrogen-bond donors (Lipinski definition) is 2. The lowest BCUT2D eigenvalue weighted by molar-refractivity contribution is -0.153. The largest absolute Gasteiger partial charge is 0.493 e. The number of halogens is 6. The number of nitrogens with zero attached hydrogens (tertiary/aromatic N) is 3. The van der Waals surface area contributed by atoms with Gasteiger partial charge >= 0.3 is 12.4 Å². The smallest absolute Gasteiger partial charge is 0.422 e. The molecule has 5 rings (SSSR count). The molecule has 212 valence electrons. The number of aryl methyl sites for hydroxylation is 1. The first-order chi connectivity index (χ1) is 18.7. The number of fused-ring (bicyclic) bond motifs is 3. The summed E-state index contributed by atoms with van der Waals surface area (Å²) in [7, 11) is 0. The van der Waals surface area contributed by atoms with Crippen LogP contribution in [-0.2, 0) is 12.0 Å². The summed E-state index contributed by atoms with van der Waals surface area (Å²) < 4.78 is 87.8. The van der Waals surface area contributed by atoms with Gasteiger partial charge in [0.15, 0.2) is 12.4 Å². The molecule has 0 bridgehead atoms. The van der Waals surface area contributed by atoms with Crippen LogP contribution in [-0.4, -0.2) is 58.7 Å². The van der Waals surface area contributed by atoms with Crippen LogP contribution in [0.25, 0.3) is 5.82 Å². The topological polar surface area (TPSA) is 107 Å². The highest BCUT2D eigenvalue weighted by molar-refractivity contribution is 6.08. The number of rotatable bonds is 5. The van der Waals surface area contributed by atoms with E-state index in [9.17, 15) is 35.9 Å². The Labute approximate surface area is 222 Å². The summed E-state index contributed by atoms with van der Waals surface area (Å²) in [5.74, 6) is -1.72. The van der Waals surface area contributed by atoms with Gasteiger partial charge in [0.05, 0.1) is 23.4 Å². The fourth-order valence-electron chi connectivity index (χ4n) is 4.72. The summed E-state index contributed by atoms with van der Waals surface area (Å²) in [6, 6.07) is 7.24. The number of pyridine rings is 1. The summed E-state index contributed by atoms with van der Waals surface area (Å²) in [5, 5.41) is 9.06. The van der Waals surface area contributed by atoms with Gasteiger partial charge in [0.2, 0.25) is 0 Å². The van der Waals surface area contributed by atoms with Crippen molar-refractivity contribution in [3.63, 3.8) is 0 Å². The van der Waals surface area contributed by atoms with Gasteiger partial charge in [-0.2, -0.15) is 31.4 Å². The van der Waals surface area contributed by atoms with Crippen LogP contribution >= 0.6 is 0 Å². The van der Waals surface area contributed by atoms with Crippen LogP contribution in [0.15, 0.2) is 36.5 Å². The van der Waals surface area contributed by atoms with Crippen LogP contribution in [0.3, 0.4) is 0 Å². The Bertz CT molecular complexity index is 1470. The number of carbonyl (C=O) groups is 2. The van der Waals surface area contributed by atoms with E-state index in [-0.39, 0.29) is 48.0 Å². The summed E-state index contributed by atoms with van der Waals surface area (Å²) in [6.45, 7) is -1.27. The Kier molecular flexibility index (Phi) is 6.62. The fraction of sp³-hybridized carbons (Fsp3) is 0.360. The van der Waals surface area contributed by atoms with E-state index in [1.165, 1.54) is 30.5 Å². The van der Waals surface area contributed by atoms with Crippen LogP contribution in [0.1, 0.15) is 44.1 Å². The summed E-state index contributed by atoms with van der Waals surface area (Å²) in [6.07, 6.45) is -7.49. The van der Waals surface area contributed by atoms with Gasteiger partial charge < -0.3 is 20.1 Å². The van der Waals surface area contributed by atoms with E-state index in [1.54, 1.807) is 18.3 Å². The van der Waals surface area contributed by atoms with Gasteiger partial charge in [-0.1, -0.05) is 6.07 Å². The third-order valence-corrected chi connectivity index (χ3v) is 6.44. The van der Waals surface area contributed by atoms with Crippen LogP contribution in [0.4, 0.5) is 26.3 Å². The van der Waals surface area contributed by atoms with Crippen LogP contribution in [0.5, 0.6) is 11.5 Å². The Morgan fingerprint density at radius 3 is 2.62 bits per heavy atom. The average molecular weight is 569 g/mol. The second-order valence-corrected chi connectivity index (χ2v) is 9.45. The van der Waals surface area contributed by atoms with E-state index < -0.39 is 48.6 Å². The Morgan fingerprint density at radius 2 is 1.95 bits per heavy atom. The molecule has 3 aromatic rings. The van der Waals surface area contributed by atoms with Crippen molar-refractivity contribution in [2.24, 2.45) is 0 Å². The Morgan fingerprint density at radius 1 is 1.18 bits per heavy atom. The second kappa shape index (κ2) is 9.71. The number of aromatic nitrogens is 3. The number of benzene rings is 1. The van der Waals surface area contributed by atoms with E-state index >= 15 is 0 Å². The first-order valence-electron chi connectivity index (χ1n) is 11.9. The number of alkyl halides is 6. The molecule has 1 aromatic carbocycles. The zero-order valence-corrected chi connectivity index (χ0v) is 20.7. The first-order valence-corrected chi connectivity index (χ1v) is 11.9. The summed E-state index contributed by atoms with van der Waals surface area (Å²) in [5.41, 5.74) is -0.369. The SMILES string of the molecule is Cc1ccc(-n2nc3c(c2C(=O)NCC(F)(F)F)C(=O)N[C@@]2(CCOc4cc(OCC(F)(F)F)ccc42)C3)nc1. The van der Waals surface area contributed by atoms with Crippen LogP contribution in [0, 0.1) is 6.92 Å². The maximum Gasteiger partial charge on any atom is 0.422 e. The Hall–Kier alpha value is -4.30. The molecular formula is C25H21F6N5O4. The molecule has 9 nitrogen and oxygen atoms in total. The molecule has 2 aromatic heterocycles. The standard InChI is InChI=1S/C25H21F6N5O4/c1-13-2-5-18(32-10-13)36-20(22(38)33-11-24(26,27)28)19-16(35-36)9-23(34-21(19)37)6-7-39-17-8-14(3-4-15(17)23)40-12-25(29,30)31/h2-5,8,10H,6-7,9,11-12H2,1H3,(H,33,38)(H,34,37)/t23-/m0/s1. The predicted octanol–water partition coefficient (Wildman–Crippen LogP) is 3.77. The molecule has 0 aliphatic carbocycles. The minimum Gasteiger partial charge on any atom is -0.493 e. The predicted molar refractivity (Wildman–Crippen MR) is 125 cm³/mol. The molecule has 2 N–H and O–H groups in total. The molecule has 2 aliphatic heterocycles. The molecule has 4 heterocycles. The number of nitrogens with one attached hydrogen (secondary N) is 2. The molecular weight excluding hydrogens is 548 g/mol. The minimum atomic E-state index is -4.69. The highest BCUT2D eigenvalue weighted by Crippen LogP contribution is 2.44. The van der Waals surface area contributed by atoms with Crippen molar-refractivity contribution in [3.05, 3.63) is 64.6 Å². The maximum absolute atomic E-state index is 13.5. The fourth-order valence-corrected chi connectivity index (χ4v) is 4.72. The molecule has 2 aliphatic rings.